The summed E-state index contributed by atoms with van der Waals surface area (Å²) in [5.41, 5.74) is 5.40. The van der Waals surface area contributed by atoms with Gasteiger partial charge in [0.1, 0.15) is 6.54 Å². The van der Waals surface area contributed by atoms with Gasteiger partial charge in [0.15, 0.2) is 17.5 Å². The third kappa shape index (κ3) is 3.23. The van der Waals surface area contributed by atoms with Gasteiger partial charge in [-0.1, -0.05) is 12.1 Å². The van der Waals surface area contributed by atoms with Gasteiger partial charge in [-0.3, -0.25) is 0 Å². The van der Waals surface area contributed by atoms with Crippen molar-refractivity contribution in [1.82, 2.24) is 4.57 Å². The third-order valence-electron chi connectivity index (χ3n) is 5.08. The van der Waals surface area contributed by atoms with Crippen molar-refractivity contribution < 1.29 is 14.8 Å². The molecule has 1 atom stereocenters. The van der Waals surface area contributed by atoms with E-state index in [1.807, 2.05) is 38.1 Å². The Balaban J connectivity index is 1.79. The maximum Gasteiger partial charge on any atom is 0.163 e. The molecule has 5 nitrogen and oxygen atoms in total. The van der Waals surface area contributed by atoms with Gasteiger partial charge in [0.25, 0.3) is 0 Å². The second kappa shape index (κ2) is 7.79. The molecule has 2 heterocycles. The minimum Gasteiger partial charge on any atom is -0.490 e. The summed E-state index contributed by atoms with van der Waals surface area (Å²) in [5, 5.41) is 11.4. The van der Waals surface area contributed by atoms with Gasteiger partial charge in [-0.15, -0.1) is 0 Å². The average Bonchev–Trinajstić information content (AvgIpc) is 3.14. The number of benzene rings is 2. The largest absolute Gasteiger partial charge is 0.490 e. The molecular weight excluding hydrogens is 350 g/mol. The van der Waals surface area contributed by atoms with Crippen LogP contribution in [0.1, 0.15) is 42.3 Å². The quantitative estimate of drug-likeness (QED) is 0.745. The normalized spacial score (nSPS) is 15.1. The van der Waals surface area contributed by atoms with Crippen LogP contribution in [0, 0.1) is 11.3 Å². The molecule has 2 N–H and O–H groups in total. The fourth-order valence-electron chi connectivity index (χ4n) is 3.82. The lowest BCUT2D eigenvalue weighted by molar-refractivity contribution is -0.702. The molecule has 4 rings (SSSR count). The fourth-order valence-corrected chi connectivity index (χ4v) is 3.82. The van der Waals surface area contributed by atoms with E-state index >= 15 is 0 Å². The van der Waals surface area contributed by atoms with Crippen molar-refractivity contribution in [2.45, 2.75) is 26.4 Å². The lowest BCUT2D eigenvalue weighted by Crippen LogP contribution is -2.83. The van der Waals surface area contributed by atoms with Crippen LogP contribution in [0.2, 0.25) is 0 Å². The van der Waals surface area contributed by atoms with Crippen molar-refractivity contribution in [2.75, 3.05) is 13.2 Å². The van der Waals surface area contributed by atoms with Crippen molar-refractivity contribution in [1.29, 1.82) is 5.26 Å². The maximum atomic E-state index is 9.08. The van der Waals surface area contributed by atoms with Crippen LogP contribution in [0.25, 0.3) is 5.69 Å². The van der Waals surface area contributed by atoms with E-state index in [0.29, 0.717) is 18.8 Å². The fraction of sp³-hybridized carbons (Fsp3) is 0.261. The first-order valence-electron chi connectivity index (χ1n) is 9.68. The zero-order valence-corrected chi connectivity index (χ0v) is 16.2. The Morgan fingerprint density at radius 1 is 1.07 bits per heavy atom. The van der Waals surface area contributed by atoms with Crippen molar-refractivity contribution in [2.24, 2.45) is 0 Å². The second-order valence-electron chi connectivity index (χ2n) is 6.75. The maximum absolute atomic E-state index is 9.08. The van der Waals surface area contributed by atoms with Gasteiger partial charge in [0.2, 0.25) is 0 Å². The average molecular weight is 374 g/mol. The Labute approximate surface area is 165 Å². The molecule has 1 aliphatic rings. The van der Waals surface area contributed by atoms with E-state index in [9.17, 15) is 0 Å². The van der Waals surface area contributed by atoms with E-state index in [4.69, 9.17) is 14.7 Å². The van der Waals surface area contributed by atoms with E-state index in [2.05, 4.69) is 46.4 Å². The van der Waals surface area contributed by atoms with Crippen LogP contribution in [0.4, 0.5) is 0 Å². The predicted molar refractivity (Wildman–Crippen MR) is 107 cm³/mol. The van der Waals surface area contributed by atoms with Crippen LogP contribution in [0.15, 0.2) is 54.7 Å². The topological polar surface area (TPSA) is 63.8 Å². The van der Waals surface area contributed by atoms with Gasteiger partial charge in [-0.25, -0.2) is 0 Å². The molecular formula is C23H24N3O2+. The van der Waals surface area contributed by atoms with Gasteiger partial charge < -0.3 is 19.4 Å². The van der Waals surface area contributed by atoms with Gasteiger partial charge in [0, 0.05) is 23.4 Å². The highest BCUT2D eigenvalue weighted by molar-refractivity contribution is 5.56. The zero-order chi connectivity index (χ0) is 19.5. The summed E-state index contributed by atoms with van der Waals surface area (Å²) in [6.07, 6.45) is 2.10. The highest BCUT2D eigenvalue weighted by Gasteiger charge is 2.27. The summed E-state index contributed by atoms with van der Waals surface area (Å²) in [6, 6.07) is 18.6. The first-order valence-corrected chi connectivity index (χ1v) is 9.68. The van der Waals surface area contributed by atoms with E-state index in [-0.39, 0.29) is 6.04 Å². The van der Waals surface area contributed by atoms with Crippen LogP contribution >= 0.6 is 0 Å². The second-order valence-corrected chi connectivity index (χ2v) is 6.75. The summed E-state index contributed by atoms with van der Waals surface area (Å²) >= 11 is 0. The molecule has 5 heteroatoms. The summed E-state index contributed by atoms with van der Waals surface area (Å²) in [6.45, 7) is 5.99. The summed E-state index contributed by atoms with van der Waals surface area (Å²) in [7, 11) is 0. The van der Waals surface area contributed by atoms with Gasteiger partial charge in [-0.05, 0) is 44.2 Å². The summed E-state index contributed by atoms with van der Waals surface area (Å²) in [5.74, 6) is 1.57. The van der Waals surface area contributed by atoms with Crippen LogP contribution in [0.3, 0.4) is 0 Å². The number of fused-ring (bicyclic) bond motifs is 3. The number of nitrogens with two attached hydrogens (primary N) is 1. The SMILES string of the molecule is CCOc1cc2c(cc1OCC)-n1cccc1[C@H](c1ccc(C#N)cc1)[NH2+]C2. The van der Waals surface area contributed by atoms with Gasteiger partial charge in [-0.2, -0.15) is 5.26 Å². The molecule has 0 amide bonds. The summed E-state index contributed by atoms with van der Waals surface area (Å²) in [4.78, 5) is 0. The number of ether oxygens (including phenoxy) is 2. The number of aromatic nitrogens is 1. The first kappa shape index (κ1) is 18.1. The monoisotopic (exact) mass is 374 g/mol. The van der Waals surface area contributed by atoms with E-state index in [1.165, 1.54) is 16.8 Å². The molecule has 28 heavy (non-hydrogen) atoms. The minimum atomic E-state index is 0.154. The van der Waals surface area contributed by atoms with Crippen LogP contribution in [0.5, 0.6) is 11.5 Å². The number of hydrogen-bond donors (Lipinski definition) is 1. The third-order valence-corrected chi connectivity index (χ3v) is 5.08. The predicted octanol–water partition coefficient (Wildman–Crippen LogP) is 3.31. The molecule has 0 spiro atoms. The van der Waals surface area contributed by atoms with Crippen molar-refractivity contribution >= 4 is 0 Å². The smallest absolute Gasteiger partial charge is 0.163 e. The number of rotatable bonds is 5. The Morgan fingerprint density at radius 3 is 2.46 bits per heavy atom. The van der Waals surface area contributed by atoms with Crippen molar-refractivity contribution in [3.8, 4) is 23.3 Å². The molecule has 3 aromatic rings. The Morgan fingerprint density at radius 2 is 1.79 bits per heavy atom. The Bertz CT molecular complexity index is 1020. The molecule has 0 saturated heterocycles. The number of quaternary nitrogens is 1. The van der Waals surface area contributed by atoms with Crippen molar-refractivity contribution in [3.63, 3.8) is 0 Å². The molecule has 0 aliphatic carbocycles. The standard InChI is InChI=1S/C23H23N3O2/c1-3-27-21-12-18-15-25-23(17-9-7-16(14-24)8-10-17)19-6-5-11-26(19)20(18)13-22(21)28-4-2/h5-13,23,25H,3-4,15H2,1-2H3/p+1/t23-/m0/s1. The first-order chi connectivity index (χ1) is 13.7. The van der Waals surface area contributed by atoms with Gasteiger partial charge >= 0.3 is 0 Å². The molecule has 0 radical (unpaired) electrons. The lowest BCUT2D eigenvalue weighted by atomic mass is 10.0. The van der Waals surface area contributed by atoms with Crippen molar-refractivity contribution in [3.05, 3.63) is 77.1 Å². The van der Waals surface area contributed by atoms with Crippen LogP contribution in [-0.2, 0) is 6.54 Å². The molecule has 0 bridgehead atoms. The van der Waals surface area contributed by atoms with E-state index < -0.39 is 0 Å². The van der Waals surface area contributed by atoms with Crippen LogP contribution in [-0.4, -0.2) is 17.8 Å². The number of hydrogen-bond acceptors (Lipinski definition) is 3. The minimum absolute atomic E-state index is 0.154. The van der Waals surface area contributed by atoms with E-state index in [1.54, 1.807) is 0 Å². The molecule has 0 saturated carbocycles. The van der Waals surface area contributed by atoms with Crippen LogP contribution < -0.4 is 14.8 Å². The molecule has 0 unspecified atom stereocenters. The zero-order valence-electron chi connectivity index (χ0n) is 16.2. The van der Waals surface area contributed by atoms with E-state index in [0.717, 1.165) is 23.7 Å². The molecule has 1 aromatic heterocycles. The molecule has 2 aromatic carbocycles. The molecule has 1 aliphatic heterocycles. The number of nitrogens with zero attached hydrogens (tertiary/aromatic N) is 2. The Kier molecular flexibility index (Phi) is 5.05. The molecule has 142 valence electrons. The molecule has 0 fully saturated rings. The highest BCUT2D eigenvalue weighted by Crippen LogP contribution is 2.35. The Hall–Kier alpha value is -3.23. The lowest BCUT2D eigenvalue weighted by Gasteiger charge is -2.16. The van der Waals surface area contributed by atoms with Gasteiger partial charge in [0.05, 0.1) is 36.2 Å². The number of nitriles is 1. The highest BCUT2D eigenvalue weighted by atomic mass is 16.5. The summed E-state index contributed by atoms with van der Waals surface area (Å²) < 4.78 is 13.9.